The summed E-state index contributed by atoms with van der Waals surface area (Å²) >= 11 is 0. The van der Waals surface area contributed by atoms with Crippen LogP contribution in [-0.4, -0.2) is 9.97 Å². The van der Waals surface area contributed by atoms with Gasteiger partial charge in [-0.25, -0.2) is 0 Å². The van der Waals surface area contributed by atoms with Gasteiger partial charge in [-0.1, -0.05) is 129 Å². The Morgan fingerprint density at radius 1 is 0.565 bits per heavy atom. The number of hydrogen-bond acceptors (Lipinski definition) is 2. The van der Waals surface area contributed by atoms with Crippen LogP contribution in [0, 0.1) is 27.7 Å². The van der Waals surface area contributed by atoms with Crippen molar-refractivity contribution >= 4 is 43.7 Å². The van der Waals surface area contributed by atoms with Crippen molar-refractivity contribution in [2.75, 3.05) is 0 Å². The van der Waals surface area contributed by atoms with Gasteiger partial charge in [0.2, 0.25) is 11.4 Å². The molecular formula is C65H68N4+2. The Labute approximate surface area is 410 Å². The van der Waals surface area contributed by atoms with Crippen LogP contribution in [0.3, 0.4) is 0 Å². The van der Waals surface area contributed by atoms with Crippen molar-refractivity contribution in [1.82, 2.24) is 9.97 Å². The molecule has 0 bridgehead atoms. The van der Waals surface area contributed by atoms with Crippen molar-refractivity contribution in [3.05, 3.63) is 190 Å². The average molecular weight is 905 g/mol. The van der Waals surface area contributed by atoms with Crippen molar-refractivity contribution in [1.29, 1.82) is 0 Å². The van der Waals surface area contributed by atoms with Gasteiger partial charge in [0.05, 0.1) is 39.6 Å². The maximum Gasteiger partial charge on any atom is 0.287 e. The summed E-state index contributed by atoms with van der Waals surface area (Å²) in [4.78, 5) is 10.1. The Balaban J connectivity index is 1.42. The van der Waals surface area contributed by atoms with Crippen molar-refractivity contribution in [3.8, 4) is 33.8 Å². The van der Waals surface area contributed by atoms with Gasteiger partial charge in [0.1, 0.15) is 0 Å². The molecule has 9 aromatic rings. The molecule has 1 aliphatic heterocycles. The van der Waals surface area contributed by atoms with E-state index in [1.807, 2.05) is 6.20 Å². The summed E-state index contributed by atoms with van der Waals surface area (Å²) in [5.41, 5.74) is 21.7. The molecule has 0 unspecified atom stereocenters. The van der Waals surface area contributed by atoms with Gasteiger partial charge in [0.25, 0.3) is 11.4 Å². The third kappa shape index (κ3) is 8.06. The molecule has 5 heterocycles. The average Bonchev–Trinajstić information content (AvgIpc) is 3.30. The smallest absolute Gasteiger partial charge is 0.258 e. The number of fused-ring (bicyclic) bond motifs is 8. The predicted molar refractivity (Wildman–Crippen MR) is 291 cm³/mol. The van der Waals surface area contributed by atoms with Crippen LogP contribution < -0.4 is 9.13 Å². The molecule has 1 aliphatic rings. The van der Waals surface area contributed by atoms with Gasteiger partial charge >= 0.3 is 0 Å². The molecule has 0 saturated carbocycles. The van der Waals surface area contributed by atoms with Crippen LogP contribution in [0.5, 0.6) is 0 Å². The molecule has 346 valence electrons. The number of hydrogen-bond donors (Lipinski definition) is 0. The molecule has 4 heteroatoms. The fourth-order valence-electron chi connectivity index (χ4n) is 11.0. The lowest BCUT2D eigenvalue weighted by atomic mass is 9.82. The van der Waals surface area contributed by atoms with Gasteiger partial charge in [-0.15, -0.1) is 0 Å². The van der Waals surface area contributed by atoms with Crippen LogP contribution in [0.1, 0.15) is 125 Å². The van der Waals surface area contributed by atoms with Gasteiger partial charge in [-0.2, -0.15) is 9.13 Å². The van der Waals surface area contributed by atoms with Crippen molar-refractivity contribution in [2.24, 2.45) is 0 Å². The van der Waals surface area contributed by atoms with Crippen molar-refractivity contribution in [3.63, 3.8) is 0 Å². The van der Waals surface area contributed by atoms with Gasteiger partial charge in [-0.3, -0.25) is 9.97 Å². The summed E-state index contributed by atoms with van der Waals surface area (Å²) in [6.07, 6.45) is 8.36. The highest BCUT2D eigenvalue weighted by Crippen LogP contribution is 2.43. The van der Waals surface area contributed by atoms with Gasteiger partial charge < -0.3 is 0 Å². The van der Waals surface area contributed by atoms with E-state index in [9.17, 15) is 0 Å². The first-order valence-electron chi connectivity index (χ1n) is 25.0. The van der Waals surface area contributed by atoms with E-state index in [2.05, 4.69) is 234 Å². The number of nitrogens with zero attached hydrogens (tertiary/aromatic N) is 4. The predicted octanol–water partition coefficient (Wildman–Crippen LogP) is 15.6. The molecule has 5 aromatic carbocycles. The van der Waals surface area contributed by atoms with Crippen LogP contribution in [0.4, 0.5) is 0 Å². The highest BCUT2D eigenvalue weighted by molar-refractivity contribution is 6.12. The zero-order valence-corrected chi connectivity index (χ0v) is 43.4. The zero-order valence-electron chi connectivity index (χ0n) is 43.4. The number of aryl methyl sites for hydroxylation is 5. The Kier molecular flexibility index (Phi) is 11.1. The summed E-state index contributed by atoms with van der Waals surface area (Å²) in [6, 6.07) is 44.3. The number of allylic oxidation sites excluding steroid dienone is 1. The molecule has 4 nitrogen and oxygen atoms in total. The maximum atomic E-state index is 5.18. The van der Waals surface area contributed by atoms with E-state index in [4.69, 9.17) is 9.97 Å². The summed E-state index contributed by atoms with van der Waals surface area (Å²) in [5, 5.41) is 7.37. The highest BCUT2D eigenvalue weighted by Gasteiger charge is 2.40. The number of pyridine rings is 4. The first-order valence-corrected chi connectivity index (χ1v) is 25.0. The monoisotopic (exact) mass is 905 g/mol. The molecule has 0 fully saturated rings. The quantitative estimate of drug-likeness (QED) is 0.127. The van der Waals surface area contributed by atoms with E-state index < -0.39 is 0 Å². The lowest BCUT2D eigenvalue weighted by Gasteiger charge is -2.24. The third-order valence-electron chi connectivity index (χ3n) is 14.8. The highest BCUT2D eigenvalue weighted by atomic mass is 15.1. The zero-order chi connectivity index (χ0) is 48.9. The second-order valence-electron chi connectivity index (χ2n) is 22.9. The van der Waals surface area contributed by atoms with E-state index in [1.165, 1.54) is 99.5 Å². The minimum Gasteiger partial charge on any atom is -0.258 e. The first-order chi connectivity index (χ1) is 32.7. The summed E-state index contributed by atoms with van der Waals surface area (Å²) in [7, 11) is 0. The Morgan fingerprint density at radius 2 is 1.25 bits per heavy atom. The van der Waals surface area contributed by atoms with Crippen LogP contribution >= 0.6 is 0 Å². The molecular weight excluding hydrogens is 837 g/mol. The molecule has 69 heavy (non-hydrogen) atoms. The molecule has 0 atom stereocenters. The molecule has 0 aliphatic carbocycles. The van der Waals surface area contributed by atoms with Gasteiger partial charge in [-0.05, 0) is 143 Å². The molecule has 0 radical (unpaired) electrons. The largest absolute Gasteiger partial charge is 0.287 e. The Hall–Kier alpha value is -6.78. The van der Waals surface area contributed by atoms with Crippen LogP contribution in [0.25, 0.3) is 77.5 Å². The molecule has 0 saturated heterocycles. The summed E-state index contributed by atoms with van der Waals surface area (Å²) in [6.45, 7) is 31.9. The van der Waals surface area contributed by atoms with E-state index in [1.54, 1.807) is 0 Å². The normalized spacial score (nSPS) is 13.8. The maximum absolute atomic E-state index is 5.18. The SMILES string of the molecule is CCc1ccc(C(C)(C)C)cc1-c1c2ccc(C(C)(C)C)cc2cc[n+]1/C(=C1\Cc2c(C)cc(C)cc2-c2c3ccc4c(C)nc(C)cc4c3cc[n+]21)c1ccccc1-c1cc(C(C)(C)C)ccn1. The second kappa shape index (κ2) is 16.7. The minimum atomic E-state index is -0.0522. The Morgan fingerprint density at radius 3 is 1.99 bits per heavy atom. The third-order valence-corrected chi connectivity index (χ3v) is 14.8. The topological polar surface area (TPSA) is 33.5 Å². The molecule has 10 rings (SSSR count). The number of benzene rings is 5. The van der Waals surface area contributed by atoms with Crippen LogP contribution in [-0.2, 0) is 29.1 Å². The fraction of sp³-hybridized carbons (Fsp3) is 0.292. The fourth-order valence-corrected chi connectivity index (χ4v) is 11.0. The summed E-state index contributed by atoms with van der Waals surface area (Å²) < 4.78 is 5.10. The lowest BCUT2D eigenvalue weighted by Crippen LogP contribution is -2.46. The van der Waals surface area contributed by atoms with E-state index in [0.29, 0.717) is 0 Å². The Bertz CT molecular complexity index is 3600. The van der Waals surface area contributed by atoms with Gasteiger partial charge in [0.15, 0.2) is 12.4 Å². The lowest BCUT2D eigenvalue weighted by molar-refractivity contribution is -0.597. The van der Waals surface area contributed by atoms with E-state index >= 15 is 0 Å². The van der Waals surface area contributed by atoms with E-state index in [0.717, 1.165) is 46.7 Å². The summed E-state index contributed by atoms with van der Waals surface area (Å²) in [5.74, 6) is 0. The first kappa shape index (κ1) is 46.0. The number of aromatic nitrogens is 4. The standard InChI is InChI=1S/C65H68N4/c1-15-43-20-21-46(64(9,10)11)36-55(43)60-49-23-22-45(63(6,7)8)35-44(49)27-30-69(60)62(52-19-17-16-18-51(52)58-37-47(26-29-66-58)65(12,13)14)59-38-54-40(3)32-39(2)33-57(54)61-53-25-24-48-42(5)67-41(4)34-56(48)50(53)28-31-68(59)61/h16-37H,15,38H2,1-14H3/q+2/b62-59+. The van der Waals surface area contributed by atoms with Crippen LogP contribution in [0.15, 0.2) is 134 Å². The van der Waals surface area contributed by atoms with Crippen molar-refractivity contribution < 1.29 is 9.13 Å². The molecule has 0 amide bonds. The van der Waals surface area contributed by atoms with Crippen molar-refractivity contribution in [2.45, 2.75) is 126 Å². The van der Waals surface area contributed by atoms with Crippen LogP contribution in [0.2, 0.25) is 0 Å². The van der Waals surface area contributed by atoms with Gasteiger partial charge in [0, 0.05) is 46.1 Å². The number of rotatable bonds is 5. The molecule has 4 aromatic heterocycles. The molecule has 0 N–H and O–H groups in total. The molecule has 0 spiro atoms. The second-order valence-corrected chi connectivity index (χ2v) is 22.9. The minimum absolute atomic E-state index is 0.00434. The van der Waals surface area contributed by atoms with E-state index in [-0.39, 0.29) is 16.2 Å².